The van der Waals surface area contributed by atoms with Crippen molar-refractivity contribution in [2.45, 2.75) is 51.0 Å². The first-order valence-corrected chi connectivity index (χ1v) is 10.8. The van der Waals surface area contributed by atoms with Gasteiger partial charge < -0.3 is 21.1 Å². The SMILES string of the molecule is Cc1cccc(Cl)c1NC(=O)Nc1cc(F)c(F)cc1C(=O)NC1(CC(=O)O)CCCCC1. The van der Waals surface area contributed by atoms with Crippen LogP contribution in [0.15, 0.2) is 30.3 Å². The predicted octanol–water partition coefficient (Wildman–Crippen LogP) is 5.48. The van der Waals surface area contributed by atoms with Crippen LogP contribution in [-0.2, 0) is 4.79 Å². The summed E-state index contributed by atoms with van der Waals surface area (Å²) in [5.41, 5.74) is -0.591. The Kier molecular flexibility index (Phi) is 7.53. The lowest BCUT2D eigenvalue weighted by atomic mass is 9.79. The quantitative estimate of drug-likeness (QED) is 0.440. The Hall–Kier alpha value is -3.20. The first kappa shape index (κ1) is 24.4. The molecule has 0 atom stereocenters. The van der Waals surface area contributed by atoms with Crippen molar-refractivity contribution in [2.24, 2.45) is 0 Å². The highest BCUT2D eigenvalue weighted by Gasteiger charge is 2.36. The summed E-state index contributed by atoms with van der Waals surface area (Å²) in [5, 5.41) is 17.2. The number of amides is 3. The number of urea groups is 1. The smallest absolute Gasteiger partial charge is 0.323 e. The molecule has 0 bridgehead atoms. The molecule has 4 N–H and O–H groups in total. The third kappa shape index (κ3) is 5.98. The minimum absolute atomic E-state index is 0.269. The molecule has 7 nitrogen and oxygen atoms in total. The molecule has 2 aromatic carbocycles. The molecule has 0 saturated heterocycles. The van der Waals surface area contributed by atoms with E-state index in [1.165, 1.54) is 0 Å². The molecular weight excluding hydrogens is 456 g/mol. The number of rotatable bonds is 6. The number of aliphatic carboxylic acids is 1. The van der Waals surface area contributed by atoms with Crippen molar-refractivity contribution < 1.29 is 28.3 Å². The zero-order valence-electron chi connectivity index (χ0n) is 17.9. The van der Waals surface area contributed by atoms with Gasteiger partial charge in [0.05, 0.1) is 33.9 Å². The molecule has 0 aliphatic heterocycles. The lowest BCUT2D eigenvalue weighted by Crippen LogP contribution is -2.51. The predicted molar refractivity (Wildman–Crippen MR) is 121 cm³/mol. The van der Waals surface area contributed by atoms with E-state index < -0.39 is 35.1 Å². The molecule has 33 heavy (non-hydrogen) atoms. The molecule has 176 valence electrons. The summed E-state index contributed by atoms with van der Waals surface area (Å²) in [6.07, 6.45) is 2.98. The van der Waals surface area contributed by atoms with Crippen LogP contribution >= 0.6 is 11.6 Å². The molecule has 3 rings (SSSR count). The van der Waals surface area contributed by atoms with E-state index in [-0.39, 0.29) is 22.7 Å². The number of anilines is 2. The molecular formula is C23H24ClF2N3O4. The van der Waals surface area contributed by atoms with Gasteiger partial charge in [0.1, 0.15) is 0 Å². The van der Waals surface area contributed by atoms with Crippen LogP contribution in [0.1, 0.15) is 54.4 Å². The summed E-state index contributed by atoms with van der Waals surface area (Å²) >= 11 is 6.11. The molecule has 0 aromatic heterocycles. The van der Waals surface area contributed by atoms with Gasteiger partial charge in [0.25, 0.3) is 5.91 Å². The lowest BCUT2D eigenvalue weighted by molar-refractivity contribution is -0.139. The van der Waals surface area contributed by atoms with E-state index in [9.17, 15) is 28.3 Å². The summed E-state index contributed by atoms with van der Waals surface area (Å²) in [7, 11) is 0. The molecule has 0 spiro atoms. The van der Waals surface area contributed by atoms with Gasteiger partial charge in [-0.2, -0.15) is 0 Å². The maximum Gasteiger partial charge on any atom is 0.323 e. The van der Waals surface area contributed by atoms with E-state index >= 15 is 0 Å². The van der Waals surface area contributed by atoms with Crippen molar-refractivity contribution in [1.29, 1.82) is 0 Å². The summed E-state index contributed by atoms with van der Waals surface area (Å²) < 4.78 is 28.0. The molecule has 3 amide bonds. The van der Waals surface area contributed by atoms with Crippen molar-refractivity contribution in [2.75, 3.05) is 10.6 Å². The van der Waals surface area contributed by atoms with Crippen molar-refractivity contribution in [1.82, 2.24) is 5.32 Å². The number of aryl methyl sites for hydroxylation is 1. The molecule has 0 unspecified atom stereocenters. The highest BCUT2D eigenvalue weighted by Crippen LogP contribution is 2.32. The zero-order chi connectivity index (χ0) is 24.2. The van der Waals surface area contributed by atoms with Crippen LogP contribution in [0.2, 0.25) is 5.02 Å². The Bertz CT molecular complexity index is 1070. The van der Waals surface area contributed by atoms with Gasteiger partial charge in [0.15, 0.2) is 11.6 Å². The number of benzene rings is 2. The number of hydrogen-bond acceptors (Lipinski definition) is 3. The van der Waals surface area contributed by atoms with Crippen LogP contribution in [0.25, 0.3) is 0 Å². The normalized spacial score (nSPS) is 14.9. The van der Waals surface area contributed by atoms with Crippen molar-refractivity contribution in [3.05, 3.63) is 58.1 Å². The fourth-order valence-electron chi connectivity index (χ4n) is 4.07. The molecule has 1 aliphatic rings. The highest BCUT2D eigenvalue weighted by molar-refractivity contribution is 6.34. The number of carboxylic acids is 1. The average Bonchev–Trinajstić information content (AvgIpc) is 2.73. The third-order valence-electron chi connectivity index (χ3n) is 5.69. The zero-order valence-corrected chi connectivity index (χ0v) is 18.7. The van der Waals surface area contributed by atoms with Crippen LogP contribution in [-0.4, -0.2) is 28.6 Å². The fraction of sp³-hybridized carbons (Fsp3) is 0.348. The van der Waals surface area contributed by atoms with E-state index in [1.807, 2.05) is 0 Å². The van der Waals surface area contributed by atoms with Gasteiger partial charge in [0.2, 0.25) is 0 Å². The number of carboxylic acid groups (broad SMARTS) is 1. The van der Waals surface area contributed by atoms with Crippen LogP contribution < -0.4 is 16.0 Å². The van der Waals surface area contributed by atoms with Gasteiger partial charge in [-0.25, -0.2) is 13.6 Å². The Morgan fingerprint density at radius 1 is 1.06 bits per heavy atom. The minimum atomic E-state index is -1.27. The minimum Gasteiger partial charge on any atom is -0.481 e. The largest absolute Gasteiger partial charge is 0.481 e. The van der Waals surface area contributed by atoms with Crippen LogP contribution in [0.3, 0.4) is 0 Å². The maximum absolute atomic E-state index is 14.0. The first-order valence-electron chi connectivity index (χ1n) is 10.5. The van der Waals surface area contributed by atoms with E-state index in [0.29, 0.717) is 36.2 Å². The van der Waals surface area contributed by atoms with Crippen molar-refractivity contribution in [3.63, 3.8) is 0 Å². The van der Waals surface area contributed by atoms with Crippen LogP contribution in [0.5, 0.6) is 0 Å². The Morgan fingerprint density at radius 3 is 2.36 bits per heavy atom. The Balaban J connectivity index is 1.86. The number of hydrogen-bond donors (Lipinski definition) is 4. The van der Waals surface area contributed by atoms with Crippen LogP contribution in [0, 0.1) is 18.6 Å². The van der Waals surface area contributed by atoms with Crippen LogP contribution in [0.4, 0.5) is 25.0 Å². The number of carbonyl (C=O) groups excluding carboxylic acids is 2. The monoisotopic (exact) mass is 479 g/mol. The van der Waals surface area contributed by atoms with Gasteiger partial charge in [-0.3, -0.25) is 9.59 Å². The van der Waals surface area contributed by atoms with Gasteiger partial charge in [-0.15, -0.1) is 0 Å². The van der Waals surface area contributed by atoms with E-state index in [1.54, 1.807) is 25.1 Å². The molecule has 1 saturated carbocycles. The molecule has 1 fully saturated rings. The standard InChI is InChI=1S/C23H24ClF2N3O4/c1-13-6-5-7-15(24)20(13)28-22(33)27-18-11-17(26)16(25)10-14(18)21(32)29-23(12-19(30)31)8-3-2-4-9-23/h5-7,10-11H,2-4,8-9,12H2,1H3,(H,29,32)(H,30,31)(H2,27,28,33). The number of nitrogens with one attached hydrogen (secondary N) is 3. The van der Waals surface area contributed by atoms with E-state index in [2.05, 4.69) is 16.0 Å². The molecule has 10 heteroatoms. The van der Waals surface area contributed by atoms with E-state index in [4.69, 9.17) is 11.6 Å². The molecule has 0 radical (unpaired) electrons. The van der Waals surface area contributed by atoms with Gasteiger partial charge in [-0.05, 0) is 37.5 Å². The summed E-state index contributed by atoms with van der Waals surface area (Å²) in [6.45, 7) is 1.73. The summed E-state index contributed by atoms with van der Waals surface area (Å²) in [4.78, 5) is 37.0. The Labute approximate surface area is 194 Å². The Morgan fingerprint density at radius 2 is 1.73 bits per heavy atom. The van der Waals surface area contributed by atoms with Gasteiger partial charge >= 0.3 is 12.0 Å². The topological polar surface area (TPSA) is 108 Å². The lowest BCUT2D eigenvalue weighted by Gasteiger charge is -2.37. The second-order valence-corrected chi connectivity index (χ2v) is 8.60. The second-order valence-electron chi connectivity index (χ2n) is 8.19. The number of para-hydroxylation sites is 1. The summed E-state index contributed by atoms with van der Waals surface area (Å²) in [5.74, 6) is -4.41. The molecule has 0 heterocycles. The average molecular weight is 480 g/mol. The summed E-state index contributed by atoms with van der Waals surface area (Å²) in [6, 6.07) is 5.57. The highest BCUT2D eigenvalue weighted by atomic mass is 35.5. The van der Waals surface area contributed by atoms with Gasteiger partial charge in [0, 0.05) is 6.07 Å². The van der Waals surface area contributed by atoms with E-state index in [0.717, 1.165) is 19.3 Å². The van der Waals surface area contributed by atoms with Gasteiger partial charge in [-0.1, -0.05) is 43.0 Å². The number of carbonyl (C=O) groups is 3. The number of halogens is 3. The molecule has 2 aromatic rings. The second kappa shape index (κ2) is 10.2. The van der Waals surface area contributed by atoms with Crippen molar-refractivity contribution in [3.8, 4) is 0 Å². The molecule has 1 aliphatic carbocycles. The third-order valence-corrected chi connectivity index (χ3v) is 6.01. The maximum atomic E-state index is 14.0. The first-order chi connectivity index (χ1) is 15.6. The fourth-order valence-corrected chi connectivity index (χ4v) is 4.34. The van der Waals surface area contributed by atoms with Crippen molar-refractivity contribution >= 4 is 40.9 Å².